The van der Waals surface area contributed by atoms with Crippen molar-refractivity contribution < 1.29 is 19.5 Å². The van der Waals surface area contributed by atoms with Crippen LogP contribution in [-0.4, -0.2) is 44.6 Å². The number of thioether (sulfide) groups is 1. The van der Waals surface area contributed by atoms with Gasteiger partial charge in [0, 0.05) is 19.2 Å². The Labute approximate surface area is 119 Å². The zero-order valence-corrected chi connectivity index (χ0v) is 11.3. The van der Waals surface area contributed by atoms with Gasteiger partial charge >= 0.3 is 5.97 Å². The highest BCUT2D eigenvalue weighted by molar-refractivity contribution is 8.00. The molecule has 7 heteroatoms. The molecule has 0 unspecified atom stereocenters. The number of rotatable bonds is 5. The van der Waals surface area contributed by atoms with Gasteiger partial charge in [-0.2, -0.15) is 0 Å². The summed E-state index contributed by atoms with van der Waals surface area (Å²) in [6.07, 6.45) is 2.98. The van der Waals surface area contributed by atoms with E-state index in [1.54, 1.807) is 0 Å². The van der Waals surface area contributed by atoms with Gasteiger partial charge in [-0.15, -0.1) is 6.58 Å². The molecule has 104 valence electrons. The lowest BCUT2D eigenvalue weighted by molar-refractivity contribution is -0.137. The normalized spacial score (nSPS) is 18.4. The number of carbonyl (C=O) groups excluding carboxylic acids is 2. The SMILES string of the molecule is C=CCN1C(=O)C[C@H](Sc2ncccc2C(=O)O)C1=O. The van der Waals surface area contributed by atoms with Gasteiger partial charge in [-0.1, -0.05) is 17.8 Å². The monoisotopic (exact) mass is 292 g/mol. The number of hydrogen-bond donors (Lipinski definition) is 1. The highest BCUT2D eigenvalue weighted by Gasteiger charge is 2.39. The molecule has 1 aromatic heterocycles. The maximum absolute atomic E-state index is 12.1. The van der Waals surface area contributed by atoms with Crippen LogP contribution < -0.4 is 0 Å². The number of aromatic carboxylic acids is 1. The molecule has 2 heterocycles. The number of carboxylic acids is 1. The number of likely N-dealkylation sites (tertiary alicyclic amines) is 1. The van der Waals surface area contributed by atoms with Gasteiger partial charge < -0.3 is 5.11 Å². The predicted molar refractivity (Wildman–Crippen MR) is 72.4 cm³/mol. The first-order chi connectivity index (χ1) is 9.54. The summed E-state index contributed by atoms with van der Waals surface area (Å²) in [5.41, 5.74) is 0.0277. The van der Waals surface area contributed by atoms with Gasteiger partial charge in [0.1, 0.15) is 5.03 Å². The van der Waals surface area contributed by atoms with Crippen LogP contribution in [0.2, 0.25) is 0 Å². The van der Waals surface area contributed by atoms with Crippen molar-refractivity contribution in [1.29, 1.82) is 0 Å². The van der Waals surface area contributed by atoms with Gasteiger partial charge in [-0.05, 0) is 12.1 Å². The second-order valence-electron chi connectivity index (χ2n) is 4.10. The second kappa shape index (κ2) is 5.87. The first-order valence-corrected chi connectivity index (χ1v) is 6.72. The molecule has 6 nitrogen and oxygen atoms in total. The third-order valence-corrected chi connectivity index (χ3v) is 3.97. The minimum Gasteiger partial charge on any atom is -0.478 e. The third-order valence-electron chi connectivity index (χ3n) is 2.77. The highest BCUT2D eigenvalue weighted by atomic mass is 32.2. The van der Waals surface area contributed by atoms with Crippen molar-refractivity contribution in [3.05, 3.63) is 36.5 Å². The van der Waals surface area contributed by atoms with Crippen molar-refractivity contribution in [2.45, 2.75) is 16.7 Å². The van der Waals surface area contributed by atoms with E-state index in [0.717, 1.165) is 16.7 Å². The maximum Gasteiger partial charge on any atom is 0.338 e. The number of aromatic nitrogens is 1. The van der Waals surface area contributed by atoms with Crippen molar-refractivity contribution in [3.8, 4) is 0 Å². The molecule has 1 atom stereocenters. The van der Waals surface area contributed by atoms with Gasteiger partial charge in [-0.3, -0.25) is 14.5 Å². The molecule has 1 fully saturated rings. The Bertz CT molecular complexity index is 587. The van der Waals surface area contributed by atoms with E-state index in [1.165, 1.54) is 24.4 Å². The summed E-state index contributed by atoms with van der Waals surface area (Å²) in [5.74, 6) is -1.72. The van der Waals surface area contributed by atoms with Crippen LogP contribution in [0.3, 0.4) is 0 Å². The molecule has 0 radical (unpaired) electrons. The van der Waals surface area contributed by atoms with Crippen molar-refractivity contribution in [2.75, 3.05) is 6.54 Å². The topological polar surface area (TPSA) is 87.6 Å². The van der Waals surface area contributed by atoms with E-state index in [4.69, 9.17) is 5.11 Å². The second-order valence-corrected chi connectivity index (χ2v) is 5.29. The summed E-state index contributed by atoms with van der Waals surface area (Å²) in [4.78, 5) is 39.9. The lowest BCUT2D eigenvalue weighted by Gasteiger charge is -2.12. The molecule has 2 rings (SSSR count). The van der Waals surface area contributed by atoms with Crippen molar-refractivity contribution in [2.24, 2.45) is 0 Å². The summed E-state index contributed by atoms with van der Waals surface area (Å²) in [5, 5.41) is 8.68. The Hall–Kier alpha value is -2.15. The Morgan fingerprint density at radius 3 is 3.00 bits per heavy atom. The molecule has 0 spiro atoms. The van der Waals surface area contributed by atoms with Gasteiger partial charge in [0.25, 0.3) is 0 Å². The average molecular weight is 292 g/mol. The minimum atomic E-state index is -1.11. The molecule has 20 heavy (non-hydrogen) atoms. The standard InChI is InChI=1S/C13H12N2O4S/c1-2-6-15-10(16)7-9(12(15)17)20-11-8(13(18)19)4-3-5-14-11/h2-5,9H,1,6-7H2,(H,18,19)/t9-/m0/s1. The Kier molecular flexibility index (Phi) is 4.19. The van der Waals surface area contributed by atoms with Crippen LogP contribution in [0.5, 0.6) is 0 Å². The molecule has 1 saturated heterocycles. The average Bonchev–Trinajstić information content (AvgIpc) is 2.67. The minimum absolute atomic E-state index is 0.0277. The molecule has 0 aromatic carbocycles. The smallest absolute Gasteiger partial charge is 0.338 e. The molecule has 1 aliphatic heterocycles. The third kappa shape index (κ3) is 2.72. The van der Waals surface area contributed by atoms with E-state index in [1.807, 2.05) is 0 Å². The van der Waals surface area contributed by atoms with Crippen LogP contribution in [0.4, 0.5) is 0 Å². The first-order valence-electron chi connectivity index (χ1n) is 5.84. The zero-order valence-electron chi connectivity index (χ0n) is 10.5. The molecule has 1 aliphatic rings. The molecular formula is C13H12N2O4S. The van der Waals surface area contributed by atoms with Gasteiger partial charge in [0.05, 0.1) is 10.8 Å². The van der Waals surface area contributed by atoms with Crippen molar-refractivity contribution in [1.82, 2.24) is 9.88 Å². The Morgan fingerprint density at radius 2 is 2.35 bits per heavy atom. The summed E-state index contributed by atoms with van der Waals surface area (Å²) in [6, 6.07) is 2.93. The summed E-state index contributed by atoms with van der Waals surface area (Å²) in [6.45, 7) is 3.67. The van der Waals surface area contributed by atoms with Crippen molar-refractivity contribution in [3.63, 3.8) is 0 Å². The Morgan fingerprint density at radius 1 is 1.60 bits per heavy atom. The molecule has 2 amide bonds. The van der Waals surface area contributed by atoms with Crippen molar-refractivity contribution >= 4 is 29.5 Å². The van der Waals surface area contributed by atoms with E-state index < -0.39 is 11.2 Å². The van der Waals surface area contributed by atoms with Crippen LogP contribution in [0.1, 0.15) is 16.8 Å². The van der Waals surface area contributed by atoms with Crippen LogP contribution >= 0.6 is 11.8 Å². The largest absolute Gasteiger partial charge is 0.478 e. The zero-order chi connectivity index (χ0) is 14.7. The molecule has 0 bridgehead atoms. The van der Waals surface area contributed by atoms with Crippen LogP contribution in [0.25, 0.3) is 0 Å². The first kappa shape index (κ1) is 14.3. The highest BCUT2D eigenvalue weighted by Crippen LogP contribution is 2.32. The van der Waals surface area contributed by atoms with E-state index in [2.05, 4.69) is 11.6 Å². The number of carboxylic acid groups (broad SMARTS) is 1. The molecule has 0 saturated carbocycles. The fraction of sp³-hybridized carbons (Fsp3) is 0.231. The maximum atomic E-state index is 12.1. The number of imide groups is 1. The number of pyridine rings is 1. The molecule has 0 aliphatic carbocycles. The fourth-order valence-corrected chi connectivity index (χ4v) is 2.98. The summed E-state index contributed by atoms with van der Waals surface area (Å²) >= 11 is 1.01. The molecular weight excluding hydrogens is 280 g/mol. The predicted octanol–water partition coefficient (Wildman–Crippen LogP) is 1.19. The number of amides is 2. The lowest BCUT2D eigenvalue weighted by atomic mass is 10.3. The van der Waals surface area contributed by atoms with E-state index in [0.29, 0.717) is 0 Å². The lowest BCUT2D eigenvalue weighted by Crippen LogP contribution is -2.31. The quantitative estimate of drug-likeness (QED) is 0.648. The van der Waals surface area contributed by atoms with Gasteiger partial charge in [0.15, 0.2) is 0 Å². The van der Waals surface area contributed by atoms with Crippen LogP contribution in [0.15, 0.2) is 36.0 Å². The molecule has 1 aromatic rings. The fourth-order valence-electron chi connectivity index (χ4n) is 1.85. The molecule has 1 N–H and O–H groups in total. The number of nitrogens with zero attached hydrogens (tertiary/aromatic N) is 2. The Balaban J connectivity index is 2.19. The van der Waals surface area contributed by atoms with Gasteiger partial charge in [0.2, 0.25) is 11.8 Å². The summed E-state index contributed by atoms with van der Waals surface area (Å²) in [7, 11) is 0. The number of carbonyl (C=O) groups is 3. The van der Waals surface area contributed by atoms with E-state index in [9.17, 15) is 14.4 Å². The van der Waals surface area contributed by atoms with E-state index >= 15 is 0 Å². The van der Waals surface area contributed by atoms with Gasteiger partial charge in [-0.25, -0.2) is 9.78 Å². The summed E-state index contributed by atoms with van der Waals surface area (Å²) < 4.78 is 0. The van der Waals surface area contributed by atoms with Crippen LogP contribution in [0, 0.1) is 0 Å². The number of hydrogen-bond acceptors (Lipinski definition) is 5. The van der Waals surface area contributed by atoms with Crippen LogP contribution in [-0.2, 0) is 9.59 Å². The van der Waals surface area contributed by atoms with E-state index in [-0.39, 0.29) is 35.4 Å².